The number of alkyl halides is 2. The highest BCUT2D eigenvalue weighted by molar-refractivity contribution is 5.98. The van der Waals surface area contributed by atoms with Crippen molar-refractivity contribution in [3.05, 3.63) is 42.5 Å². The van der Waals surface area contributed by atoms with Crippen molar-refractivity contribution in [2.45, 2.75) is 13.2 Å². The summed E-state index contributed by atoms with van der Waals surface area (Å²) in [6.45, 7) is -4.64. The molecule has 0 radical (unpaired) electrons. The number of carbonyl (C=O) groups is 1. The second kappa shape index (κ2) is 9.69. The van der Waals surface area contributed by atoms with Gasteiger partial charge in [-0.1, -0.05) is 0 Å². The van der Waals surface area contributed by atoms with E-state index in [0.717, 1.165) is 0 Å². The minimum atomic E-state index is -3.13. The predicted molar refractivity (Wildman–Crippen MR) is 105 cm³/mol. The molecule has 1 amide bonds. The zero-order chi connectivity index (χ0) is 24.0. The first-order valence-electron chi connectivity index (χ1n) is 10.2. The van der Waals surface area contributed by atoms with E-state index in [1.165, 1.54) is 30.7 Å². The maximum Gasteiger partial charge on any atom is 0.387 e. The first-order chi connectivity index (χ1) is 15.7. The van der Waals surface area contributed by atoms with Crippen LogP contribution in [0.3, 0.4) is 0 Å². The first kappa shape index (κ1) is 17.2. The average Bonchev–Trinajstić information content (AvgIpc) is 3.21. The molecule has 30 heavy (non-hydrogen) atoms. The largest absolute Gasteiger partial charge is 0.433 e. The van der Waals surface area contributed by atoms with Crippen molar-refractivity contribution in [3.8, 4) is 17.1 Å². The molecule has 0 spiro atoms. The summed E-state index contributed by atoms with van der Waals surface area (Å²) in [5.74, 6) is -0.956. The van der Waals surface area contributed by atoms with Gasteiger partial charge >= 0.3 is 6.61 Å². The lowest BCUT2D eigenvalue weighted by Crippen LogP contribution is -2.21. The molecule has 0 aliphatic rings. The highest BCUT2D eigenvalue weighted by Crippen LogP contribution is 2.33. The van der Waals surface area contributed by atoms with Gasteiger partial charge in [-0.15, -0.1) is 5.10 Å². The minimum absolute atomic E-state index is 0.0353. The molecule has 2 heterocycles. The van der Waals surface area contributed by atoms with Crippen LogP contribution in [0.4, 0.5) is 20.2 Å². The summed E-state index contributed by atoms with van der Waals surface area (Å²) in [5.41, 5.74) is 0.191. The molecule has 2 aromatic heterocycles. The number of likely N-dealkylation sites (N-methyl/N-ethyl adjacent to an activating group) is 1. The van der Waals surface area contributed by atoms with Crippen molar-refractivity contribution in [1.29, 1.82) is 0 Å². The summed E-state index contributed by atoms with van der Waals surface area (Å²) in [4.78, 5) is 16.4. The number of hydrogen-bond donors (Lipinski definition) is 3. The summed E-state index contributed by atoms with van der Waals surface area (Å²) < 4.78 is 53.9. The molecule has 0 unspecified atom stereocenters. The second-order valence-electron chi connectivity index (χ2n) is 5.90. The Hall–Kier alpha value is -3.67. The van der Waals surface area contributed by atoms with Crippen LogP contribution in [0.2, 0.25) is 0 Å². The Morgan fingerprint density at radius 2 is 2.20 bits per heavy atom. The molecule has 0 fully saturated rings. The van der Waals surface area contributed by atoms with E-state index >= 15 is 0 Å². The van der Waals surface area contributed by atoms with E-state index in [0.29, 0.717) is 24.5 Å². The normalized spacial score (nSPS) is 12.7. The standard InChI is InChI=1S/C18H20F2N8O2/c1-21-7-8-28-10-23-16(27-28)11-3-4-12(14(9-11)30-18(19)20)25-13-5-6-24-26-15(13)17(29)22-2/h3-6,9-10,18,21H,7-8H2,1-2H3,(H,22,29)(H,24,25)/i2D3. The fourth-order valence-corrected chi connectivity index (χ4v) is 2.52. The van der Waals surface area contributed by atoms with Crippen LogP contribution in [0, 0.1) is 0 Å². The quantitative estimate of drug-likeness (QED) is 0.477. The lowest BCUT2D eigenvalue weighted by Gasteiger charge is -2.15. The molecule has 0 aliphatic heterocycles. The number of halogens is 2. The van der Waals surface area contributed by atoms with Gasteiger partial charge in [0.25, 0.3) is 5.91 Å². The van der Waals surface area contributed by atoms with Gasteiger partial charge in [-0.3, -0.25) is 9.48 Å². The van der Waals surface area contributed by atoms with Gasteiger partial charge in [0.05, 0.1) is 24.1 Å². The van der Waals surface area contributed by atoms with Gasteiger partial charge in [0, 0.05) is 23.2 Å². The maximum absolute atomic E-state index is 13.1. The Morgan fingerprint density at radius 1 is 1.33 bits per heavy atom. The molecule has 3 N–H and O–H groups in total. The highest BCUT2D eigenvalue weighted by atomic mass is 19.3. The fourth-order valence-electron chi connectivity index (χ4n) is 2.52. The molecule has 158 valence electrons. The van der Waals surface area contributed by atoms with Gasteiger partial charge in [-0.05, 0) is 31.3 Å². The predicted octanol–water partition coefficient (Wildman–Crippen LogP) is 1.66. The molecular formula is C18H20F2N8O2. The molecule has 12 heteroatoms. The van der Waals surface area contributed by atoms with Crippen molar-refractivity contribution in [1.82, 2.24) is 35.6 Å². The second-order valence-corrected chi connectivity index (χ2v) is 5.90. The number of anilines is 2. The lowest BCUT2D eigenvalue weighted by atomic mass is 10.1. The van der Waals surface area contributed by atoms with Gasteiger partial charge in [0.2, 0.25) is 0 Å². The molecule has 10 nitrogen and oxygen atoms in total. The summed E-state index contributed by atoms with van der Waals surface area (Å²) in [5, 5.41) is 19.1. The van der Waals surface area contributed by atoms with Crippen molar-refractivity contribution in [2.24, 2.45) is 0 Å². The van der Waals surface area contributed by atoms with Crippen LogP contribution in [-0.4, -0.2) is 58.0 Å². The number of nitrogens with zero attached hydrogens (tertiary/aromatic N) is 5. The number of carbonyl (C=O) groups excluding carboxylic acids is 1. The lowest BCUT2D eigenvalue weighted by molar-refractivity contribution is -0.0493. The third-order valence-corrected chi connectivity index (χ3v) is 3.90. The Balaban J connectivity index is 1.91. The van der Waals surface area contributed by atoms with E-state index in [4.69, 9.17) is 4.11 Å². The summed E-state index contributed by atoms with van der Waals surface area (Å²) in [7, 11) is 1.80. The van der Waals surface area contributed by atoms with Gasteiger partial charge in [0.1, 0.15) is 12.1 Å². The molecular weight excluding hydrogens is 398 g/mol. The zero-order valence-corrected chi connectivity index (χ0v) is 15.8. The summed E-state index contributed by atoms with van der Waals surface area (Å²) in [6.07, 6.45) is 2.77. The monoisotopic (exact) mass is 421 g/mol. The van der Waals surface area contributed by atoms with Gasteiger partial charge in [0.15, 0.2) is 11.5 Å². The van der Waals surface area contributed by atoms with E-state index in [2.05, 4.69) is 35.7 Å². The van der Waals surface area contributed by atoms with Gasteiger partial charge in [-0.25, -0.2) is 4.98 Å². The SMILES string of the molecule is [2H]C([2H])([2H])NC(=O)c1nnccc1Nc1ccc(-c2ncn(CCNC)n2)cc1OC(F)F. The van der Waals surface area contributed by atoms with E-state index in [9.17, 15) is 13.6 Å². The Morgan fingerprint density at radius 3 is 2.97 bits per heavy atom. The van der Waals surface area contributed by atoms with Crippen LogP contribution < -0.4 is 20.7 Å². The topological polar surface area (TPSA) is 119 Å². The van der Waals surface area contributed by atoms with E-state index < -0.39 is 19.5 Å². The Labute approximate surface area is 174 Å². The smallest absolute Gasteiger partial charge is 0.387 e. The first-order valence-corrected chi connectivity index (χ1v) is 8.71. The molecule has 0 aliphatic carbocycles. The summed E-state index contributed by atoms with van der Waals surface area (Å²) in [6, 6.07) is 5.68. The molecule has 3 aromatic rings. The molecule has 0 saturated carbocycles. The molecule has 1 aromatic carbocycles. The van der Waals surface area contributed by atoms with Gasteiger partial charge < -0.3 is 20.7 Å². The third kappa shape index (κ3) is 5.03. The summed E-state index contributed by atoms with van der Waals surface area (Å²) >= 11 is 0. The Kier molecular flexibility index (Phi) is 5.56. The number of aromatic nitrogens is 5. The van der Waals surface area contributed by atoms with Crippen LogP contribution in [0.15, 0.2) is 36.8 Å². The van der Waals surface area contributed by atoms with Crippen molar-refractivity contribution < 1.29 is 22.4 Å². The van der Waals surface area contributed by atoms with Crippen molar-refractivity contribution in [2.75, 3.05) is 25.9 Å². The van der Waals surface area contributed by atoms with Crippen LogP contribution in [-0.2, 0) is 6.54 Å². The number of hydrogen-bond acceptors (Lipinski definition) is 8. The van der Waals surface area contributed by atoms with Crippen LogP contribution in [0.1, 0.15) is 14.6 Å². The van der Waals surface area contributed by atoms with Crippen molar-refractivity contribution >= 4 is 17.3 Å². The van der Waals surface area contributed by atoms with E-state index in [-0.39, 0.29) is 22.8 Å². The number of benzene rings is 1. The Bertz CT molecular complexity index is 1110. The van der Waals surface area contributed by atoms with Crippen LogP contribution in [0.5, 0.6) is 5.75 Å². The zero-order valence-electron chi connectivity index (χ0n) is 18.8. The van der Waals surface area contributed by atoms with Crippen molar-refractivity contribution in [3.63, 3.8) is 0 Å². The number of amides is 1. The maximum atomic E-state index is 13.1. The van der Waals surface area contributed by atoms with Crippen LogP contribution >= 0.6 is 0 Å². The molecule has 0 bridgehead atoms. The molecule has 0 atom stereocenters. The average molecular weight is 421 g/mol. The third-order valence-electron chi connectivity index (χ3n) is 3.90. The minimum Gasteiger partial charge on any atom is -0.433 e. The van der Waals surface area contributed by atoms with E-state index in [1.54, 1.807) is 23.1 Å². The highest BCUT2D eigenvalue weighted by Gasteiger charge is 2.17. The number of rotatable bonds is 9. The van der Waals surface area contributed by atoms with Gasteiger partial charge in [-0.2, -0.15) is 19.0 Å². The van der Waals surface area contributed by atoms with Crippen LogP contribution in [0.25, 0.3) is 11.4 Å². The molecule has 0 saturated heterocycles. The number of nitrogens with one attached hydrogen (secondary N) is 3. The fraction of sp³-hybridized carbons (Fsp3) is 0.278. The number of ether oxygens (including phenoxy) is 1. The molecule has 3 rings (SSSR count). The van der Waals surface area contributed by atoms with E-state index in [1.807, 2.05) is 0 Å².